The van der Waals surface area contributed by atoms with Gasteiger partial charge in [-0.05, 0) is 54.8 Å². The van der Waals surface area contributed by atoms with Gasteiger partial charge in [-0.15, -0.1) is 23.2 Å². The number of amides is 2. The van der Waals surface area contributed by atoms with Crippen molar-refractivity contribution in [2.45, 2.75) is 43.8 Å². The molecule has 39 heavy (non-hydrogen) atoms. The molecule has 1 aliphatic rings. The Bertz CT molecular complexity index is 1080. The van der Waals surface area contributed by atoms with Crippen molar-refractivity contribution in [1.82, 2.24) is 16.0 Å². The number of methoxy groups -OCH3 is 1. The van der Waals surface area contributed by atoms with Crippen LogP contribution in [-0.4, -0.2) is 74.4 Å². The van der Waals surface area contributed by atoms with Gasteiger partial charge in [-0.1, -0.05) is 24.3 Å². The topological polar surface area (TPSA) is 99.8 Å². The molecule has 0 radical (unpaired) electrons. The number of esters is 1. The molecule has 1 heterocycles. The summed E-state index contributed by atoms with van der Waals surface area (Å²) in [6.45, 7) is 2.03. The normalized spacial score (nSPS) is 16.3. The van der Waals surface area contributed by atoms with Gasteiger partial charge < -0.3 is 25.6 Å². The van der Waals surface area contributed by atoms with E-state index in [0.717, 1.165) is 24.2 Å². The number of carbonyl (C=O) groups excluding carboxylic acids is 3. The van der Waals surface area contributed by atoms with E-state index >= 15 is 0 Å². The largest absolute Gasteiger partial charge is 0.467 e. The third-order valence-corrected chi connectivity index (χ3v) is 6.95. The summed E-state index contributed by atoms with van der Waals surface area (Å²) in [5, 5.41) is 8.73. The van der Waals surface area contributed by atoms with Gasteiger partial charge in [0.2, 0.25) is 11.8 Å². The van der Waals surface area contributed by atoms with Crippen molar-refractivity contribution in [3.8, 4) is 0 Å². The van der Waals surface area contributed by atoms with E-state index in [1.807, 2.05) is 24.3 Å². The van der Waals surface area contributed by atoms with E-state index in [1.165, 1.54) is 19.2 Å². The van der Waals surface area contributed by atoms with E-state index in [0.29, 0.717) is 36.8 Å². The molecule has 3 atom stereocenters. The molecule has 2 aromatic carbocycles. The van der Waals surface area contributed by atoms with Crippen LogP contribution in [0.4, 0.5) is 10.1 Å². The maximum Gasteiger partial charge on any atom is 0.328 e. The van der Waals surface area contributed by atoms with E-state index in [9.17, 15) is 18.8 Å². The number of ether oxygens (including phenoxy) is 1. The van der Waals surface area contributed by atoms with Crippen LogP contribution < -0.4 is 20.9 Å². The SMILES string of the molecule is COC(=O)C(Cc1ccc(F)cc1)NC(=O)C(Cc1ccc(N(CCCl)CCCl)cc1)NC(=O)C1CCCN1. The molecule has 0 bridgehead atoms. The first kappa shape index (κ1) is 30.7. The highest BCUT2D eigenvalue weighted by atomic mass is 35.5. The van der Waals surface area contributed by atoms with Gasteiger partial charge in [0.05, 0.1) is 13.2 Å². The minimum atomic E-state index is -1.01. The first-order valence-electron chi connectivity index (χ1n) is 13.0. The molecule has 0 spiro atoms. The van der Waals surface area contributed by atoms with Gasteiger partial charge in [0.25, 0.3) is 0 Å². The van der Waals surface area contributed by atoms with Crippen LogP contribution in [0.15, 0.2) is 48.5 Å². The third kappa shape index (κ3) is 9.37. The first-order valence-corrected chi connectivity index (χ1v) is 14.0. The van der Waals surface area contributed by atoms with Gasteiger partial charge in [0.1, 0.15) is 17.9 Å². The van der Waals surface area contributed by atoms with Gasteiger partial charge in [0.15, 0.2) is 0 Å². The molecule has 3 rings (SSSR count). The molecule has 0 aromatic heterocycles. The molecule has 212 valence electrons. The summed E-state index contributed by atoms with van der Waals surface area (Å²) in [7, 11) is 1.23. The predicted octanol–water partition coefficient (Wildman–Crippen LogP) is 2.79. The Hall–Kier alpha value is -2.88. The standard InChI is InChI=1S/C28H35Cl2FN4O4/c1-39-28(38)25(18-19-4-8-21(31)9-5-19)34-27(37)24(33-26(36)23-3-2-14-32-23)17-20-6-10-22(11-7-20)35(15-12-29)16-13-30/h4-11,23-25,32H,2-3,12-18H2,1H3,(H,33,36)(H,34,37). The lowest BCUT2D eigenvalue weighted by Crippen LogP contribution is -2.55. The fourth-order valence-electron chi connectivity index (χ4n) is 4.51. The highest BCUT2D eigenvalue weighted by Gasteiger charge is 2.30. The lowest BCUT2D eigenvalue weighted by Gasteiger charge is -2.25. The van der Waals surface area contributed by atoms with Crippen LogP contribution in [0.1, 0.15) is 24.0 Å². The number of alkyl halides is 2. The number of nitrogens with one attached hydrogen (secondary N) is 3. The number of hydrogen-bond donors (Lipinski definition) is 3. The number of carbonyl (C=O) groups is 3. The van der Waals surface area contributed by atoms with Crippen molar-refractivity contribution in [3.63, 3.8) is 0 Å². The van der Waals surface area contributed by atoms with Crippen molar-refractivity contribution in [1.29, 1.82) is 0 Å². The second-order valence-electron chi connectivity index (χ2n) is 9.36. The molecule has 1 saturated heterocycles. The quantitative estimate of drug-likeness (QED) is 0.235. The van der Waals surface area contributed by atoms with Crippen molar-refractivity contribution < 1.29 is 23.5 Å². The molecule has 3 N–H and O–H groups in total. The van der Waals surface area contributed by atoms with E-state index in [2.05, 4.69) is 20.9 Å². The minimum absolute atomic E-state index is 0.106. The van der Waals surface area contributed by atoms with Gasteiger partial charge in [-0.25, -0.2) is 9.18 Å². The smallest absolute Gasteiger partial charge is 0.328 e. The zero-order valence-corrected chi connectivity index (χ0v) is 23.4. The summed E-state index contributed by atoms with van der Waals surface area (Å²) in [5.74, 6) is -0.914. The van der Waals surface area contributed by atoms with Crippen LogP contribution in [0, 0.1) is 5.82 Å². The fourth-order valence-corrected chi connectivity index (χ4v) is 4.91. The second kappa shape index (κ2) is 15.6. The van der Waals surface area contributed by atoms with Crippen molar-refractivity contribution in [2.75, 3.05) is 43.4 Å². The predicted molar refractivity (Wildman–Crippen MR) is 151 cm³/mol. The highest BCUT2D eigenvalue weighted by Crippen LogP contribution is 2.17. The molecular weight excluding hydrogens is 546 g/mol. The summed E-state index contributed by atoms with van der Waals surface area (Å²) in [6, 6.07) is 11.0. The lowest BCUT2D eigenvalue weighted by molar-refractivity contribution is -0.145. The molecule has 0 saturated carbocycles. The summed E-state index contributed by atoms with van der Waals surface area (Å²) < 4.78 is 18.2. The maximum absolute atomic E-state index is 13.5. The Morgan fingerprint density at radius 2 is 1.56 bits per heavy atom. The number of nitrogens with zero attached hydrogens (tertiary/aromatic N) is 1. The zero-order valence-electron chi connectivity index (χ0n) is 21.9. The van der Waals surface area contributed by atoms with Crippen molar-refractivity contribution in [2.24, 2.45) is 0 Å². The van der Waals surface area contributed by atoms with E-state index in [1.54, 1.807) is 12.1 Å². The van der Waals surface area contributed by atoms with Crippen LogP contribution in [0.2, 0.25) is 0 Å². The number of rotatable bonds is 14. The first-order chi connectivity index (χ1) is 18.8. The Morgan fingerprint density at radius 3 is 2.10 bits per heavy atom. The van der Waals surface area contributed by atoms with Gasteiger partial charge in [0, 0.05) is 43.4 Å². The monoisotopic (exact) mass is 580 g/mol. The molecule has 0 aliphatic carbocycles. The van der Waals surface area contributed by atoms with Crippen LogP contribution in [0.5, 0.6) is 0 Å². The Balaban J connectivity index is 1.77. The van der Waals surface area contributed by atoms with Crippen LogP contribution in [0.3, 0.4) is 0 Å². The fraction of sp³-hybridized carbons (Fsp3) is 0.464. The molecule has 2 aromatic rings. The Morgan fingerprint density at radius 1 is 0.974 bits per heavy atom. The summed E-state index contributed by atoms with van der Waals surface area (Å²) in [5.41, 5.74) is 2.42. The van der Waals surface area contributed by atoms with Gasteiger partial charge in [-0.2, -0.15) is 0 Å². The summed E-state index contributed by atoms with van der Waals surface area (Å²) in [4.78, 5) is 41.0. The van der Waals surface area contributed by atoms with Crippen molar-refractivity contribution in [3.05, 3.63) is 65.5 Å². The molecule has 8 nitrogen and oxygen atoms in total. The number of halogens is 3. The zero-order chi connectivity index (χ0) is 28.2. The van der Waals surface area contributed by atoms with Gasteiger partial charge >= 0.3 is 5.97 Å². The maximum atomic E-state index is 13.5. The van der Waals surface area contributed by atoms with E-state index in [-0.39, 0.29) is 24.8 Å². The summed E-state index contributed by atoms with van der Waals surface area (Å²) in [6.07, 6.45) is 1.87. The average molecular weight is 582 g/mol. The second-order valence-corrected chi connectivity index (χ2v) is 10.1. The molecular formula is C28H35Cl2FN4O4. The lowest BCUT2D eigenvalue weighted by atomic mass is 10.0. The molecule has 1 aliphatic heterocycles. The van der Waals surface area contributed by atoms with Crippen LogP contribution in [-0.2, 0) is 32.0 Å². The number of hydrogen-bond acceptors (Lipinski definition) is 6. The molecule has 11 heteroatoms. The molecule has 3 unspecified atom stereocenters. The minimum Gasteiger partial charge on any atom is -0.467 e. The van der Waals surface area contributed by atoms with E-state index in [4.69, 9.17) is 27.9 Å². The Labute approximate surface area is 238 Å². The number of anilines is 1. The highest BCUT2D eigenvalue weighted by molar-refractivity contribution is 6.18. The Kier molecular flexibility index (Phi) is 12.3. The molecule has 2 amide bonds. The average Bonchev–Trinajstić information content (AvgIpc) is 3.49. The summed E-state index contributed by atoms with van der Waals surface area (Å²) >= 11 is 11.9. The number of benzene rings is 2. The van der Waals surface area contributed by atoms with Crippen molar-refractivity contribution >= 4 is 46.7 Å². The third-order valence-electron chi connectivity index (χ3n) is 6.62. The van der Waals surface area contributed by atoms with Crippen LogP contribution in [0.25, 0.3) is 0 Å². The van der Waals surface area contributed by atoms with Gasteiger partial charge in [-0.3, -0.25) is 9.59 Å². The van der Waals surface area contributed by atoms with Crippen LogP contribution >= 0.6 is 23.2 Å². The molecule has 1 fully saturated rings. The van der Waals surface area contributed by atoms with E-state index < -0.39 is 29.8 Å².